The first-order valence-electron chi connectivity index (χ1n) is 7.17. The van der Waals surface area contributed by atoms with Crippen LogP contribution in [0, 0.1) is 19.7 Å². The van der Waals surface area contributed by atoms with Crippen molar-refractivity contribution >= 4 is 23.1 Å². The number of nitrogens with one attached hydrogen (secondary N) is 2. The largest absolute Gasteiger partial charge is 0.339 e. The standard InChI is InChI=1S/C17H16FN5/c1-11-3-6-15(9-12(11)2)21-17-22-16(10-19-23-17)20-14-7-4-13(18)5-8-14/h3-10H,1-2H3,(H2,20,21,22,23). The molecule has 0 atom stereocenters. The van der Waals surface area contributed by atoms with E-state index in [0.717, 1.165) is 11.4 Å². The molecule has 0 fully saturated rings. The lowest BCUT2D eigenvalue weighted by Crippen LogP contribution is -2.02. The Morgan fingerprint density at radius 1 is 0.870 bits per heavy atom. The smallest absolute Gasteiger partial charge is 0.249 e. The number of halogens is 1. The minimum absolute atomic E-state index is 0.284. The second kappa shape index (κ2) is 6.39. The maximum Gasteiger partial charge on any atom is 0.249 e. The van der Waals surface area contributed by atoms with E-state index in [9.17, 15) is 4.39 Å². The summed E-state index contributed by atoms with van der Waals surface area (Å²) < 4.78 is 12.9. The minimum atomic E-state index is -0.284. The zero-order valence-corrected chi connectivity index (χ0v) is 12.8. The van der Waals surface area contributed by atoms with Crippen LogP contribution in [-0.4, -0.2) is 15.2 Å². The number of aryl methyl sites for hydroxylation is 2. The summed E-state index contributed by atoms with van der Waals surface area (Å²) in [6.07, 6.45) is 1.51. The van der Waals surface area contributed by atoms with Gasteiger partial charge in [0.2, 0.25) is 5.95 Å². The van der Waals surface area contributed by atoms with Crippen molar-refractivity contribution in [1.29, 1.82) is 0 Å². The van der Waals surface area contributed by atoms with Crippen LogP contribution in [0.25, 0.3) is 0 Å². The molecule has 0 radical (unpaired) electrons. The summed E-state index contributed by atoms with van der Waals surface area (Å²) in [6, 6.07) is 12.0. The molecule has 2 aromatic carbocycles. The Morgan fingerprint density at radius 2 is 1.61 bits per heavy atom. The predicted molar refractivity (Wildman–Crippen MR) is 88.7 cm³/mol. The van der Waals surface area contributed by atoms with Crippen molar-refractivity contribution in [3.8, 4) is 0 Å². The first-order valence-corrected chi connectivity index (χ1v) is 7.17. The lowest BCUT2D eigenvalue weighted by Gasteiger charge is -2.09. The normalized spacial score (nSPS) is 10.4. The van der Waals surface area contributed by atoms with Crippen molar-refractivity contribution in [3.63, 3.8) is 0 Å². The Morgan fingerprint density at radius 3 is 2.35 bits per heavy atom. The Bertz CT molecular complexity index is 817. The number of nitrogens with zero attached hydrogens (tertiary/aromatic N) is 3. The van der Waals surface area contributed by atoms with Crippen LogP contribution >= 0.6 is 0 Å². The monoisotopic (exact) mass is 309 g/mol. The topological polar surface area (TPSA) is 62.7 Å². The van der Waals surface area contributed by atoms with Gasteiger partial charge in [-0.15, -0.1) is 5.10 Å². The van der Waals surface area contributed by atoms with Crippen LogP contribution in [0.1, 0.15) is 11.1 Å². The molecule has 0 saturated carbocycles. The Kier molecular flexibility index (Phi) is 4.14. The molecule has 116 valence electrons. The highest BCUT2D eigenvalue weighted by atomic mass is 19.1. The van der Waals surface area contributed by atoms with Crippen LogP contribution in [0.4, 0.5) is 27.5 Å². The average molecular weight is 309 g/mol. The molecule has 0 aliphatic carbocycles. The van der Waals surface area contributed by atoms with Crippen LogP contribution in [0.5, 0.6) is 0 Å². The van der Waals surface area contributed by atoms with E-state index in [2.05, 4.69) is 32.7 Å². The summed E-state index contributed by atoms with van der Waals surface area (Å²) in [5, 5.41) is 14.1. The molecule has 0 saturated heterocycles. The van der Waals surface area contributed by atoms with Crippen molar-refractivity contribution in [2.45, 2.75) is 13.8 Å². The quantitative estimate of drug-likeness (QED) is 0.759. The van der Waals surface area contributed by atoms with E-state index in [0.29, 0.717) is 11.8 Å². The molecule has 0 amide bonds. The van der Waals surface area contributed by atoms with Crippen molar-refractivity contribution in [2.75, 3.05) is 10.6 Å². The van der Waals surface area contributed by atoms with Crippen molar-refractivity contribution in [1.82, 2.24) is 15.2 Å². The third kappa shape index (κ3) is 3.79. The van der Waals surface area contributed by atoms with Gasteiger partial charge < -0.3 is 10.6 Å². The van der Waals surface area contributed by atoms with E-state index in [1.54, 1.807) is 12.1 Å². The van der Waals surface area contributed by atoms with E-state index in [1.165, 1.54) is 29.5 Å². The highest BCUT2D eigenvalue weighted by molar-refractivity contribution is 5.59. The predicted octanol–water partition coefficient (Wildman–Crippen LogP) is 4.11. The van der Waals surface area contributed by atoms with E-state index in [-0.39, 0.29) is 5.82 Å². The number of benzene rings is 2. The number of aromatic nitrogens is 3. The Labute approximate surface area is 133 Å². The molecule has 0 aliphatic rings. The van der Waals surface area contributed by atoms with Gasteiger partial charge in [0.05, 0.1) is 6.20 Å². The summed E-state index contributed by atoms with van der Waals surface area (Å²) in [6.45, 7) is 4.11. The molecule has 3 aromatic rings. The second-order valence-electron chi connectivity index (χ2n) is 5.22. The molecular formula is C17H16FN5. The highest BCUT2D eigenvalue weighted by Gasteiger charge is 2.03. The van der Waals surface area contributed by atoms with Gasteiger partial charge in [0.1, 0.15) is 5.82 Å². The lowest BCUT2D eigenvalue weighted by atomic mass is 10.1. The van der Waals surface area contributed by atoms with E-state index in [1.807, 2.05) is 25.1 Å². The van der Waals surface area contributed by atoms with E-state index < -0.39 is 0 Å². The van der Waals surface area contributed by atoms with Gasteiger partial charge in [-0.1, -0.05) is 6.07 Å². The zero-order valence-electron chi connectivity index (χ0n) is 12.8. The third-order valence-electron chi connectivity index (χ3n) is 3.44. The summed E-state index contributed by atoms with van der Waals surface area (Å²) >= 11 is 0. The van der Waals surface area contributed by atoms with Crippen molar-refractivity contribution < 1.29 is 4.39 Å². The summed E-state index contributed by atoms with van der Waals surface area (Å²) in [7, 11) is 0. The molecule has 3 rings (SSSR count). The van der Waals surface area contributed by atoms with Crippen molar-refractivity contribution in [2.24, 2.45) is 0 Å². The Balaban J connectivity index is 1.76. The first kappa shape index (κ1) is 14.9. The van der Waals surface area contributed by atoms with Crippen LogP contribution in [0.3, 0.4) is 0 Å². The number of hydrogen-bond donors (Lipinski definition) is 2. The van der Waals surface area contributed by atoms with Gasteiger partial charge in [-0.3, -0.25) is 0 Å². The molecule has 0 aliphatic heterocycles. The third-order valence-corrected chi connectivity index (χ3v) is 3.44. The molecule has 23 heavy (non-hydrogen) atoms. The van der Waals surface area contributed by atoms with Gasteiger partial charge >= 0.3 is 0 Å². The molecule has 6 heteroatoms. The van der Waals surface area contributed by atoms with Crippen LogP contribution in [0.2, 0.25) is 0 Å². The first-order chi connectivity index (χ1) is 11.1. The molecular weight excluding hydrogens is 293 g/mol. The Hall–Kier alpha value is -3.02. The summed E-state index contributed by atoms with van der Waals surface area (Å²) in [5.74, 6) is 0.631. The van der Waals surface area contributed by atoms with Gasteiger partial charge in [0, 0.05) is 11.4 Å². The molecule has 1 aromatic heterocycles. The van der Waals surface area contributed by atoms with E-state index >= 15 is 0 Å². The fraction of sp³-hybridized carbons (Fsp3) is 0.118. The number of anilines is 4. The maximum absolute atomic E-state index is 12.9. The fourth-order valence-corrected chi connectivity index (χ4v) is 2.05. The fourth-order valence-electron chi connectivity index (χ4n) is 2.05. The van der Waals surface area contributed by atoms with Crippen LogP contribution < -0.4 is 10.6 Å². The number of rotatable bonds is 4. The van der Waals surface area contributed by atoms with Crippen LogP contribution in [0.15, 0.2) is 48.7 Å². The molecule has 2 N–H and O–H groups in total. The van der Waals surface area contributed by atoms with Gasteiger partial charge in [-0.05, 0) is 61.4 Å². The van der Waals surface area contributed by atoms with Gasteiger partial charge in [0.15, 0.2) is 5.82 Å². The molecule has 0 bridgehead atoms. The molecule has 0 unspecified atom stereocenters. The molecule has 5 nitrogen and oxygen atoms in total. The highest BCUT2D eigenvalue weighted by Crippen LogP contribution is 2.19. The van der Waals surface area contributed by atoms with Gasteiger partial charge in [-0.25, -0.2) is 4.39 Å². The second-order valence-corrected chi connectivity index (χ2v) is 5.22. The average Bonchev–Trinajstić information content (AvgIpc) is 2.54. The van der Waals surface area contributed by atoms with Gasteiger partial charge in [0.25, 0.3) is 0 Å². The lowest BCUT2D eigenvalue weighted by molar-refractivity contribution is 0.628. The minimum Gasteiger partial charge on any atom is -0.339 e. The molecule has 0 spiro atoms. The van der Waals surface area contributed by atoms with Crippen molar-refractivity contribution in [3.05, 3.63) is 65.6 Å². The molecule has 1 heterocycles. The van der Waals surface area contributed by atoms with E-state index in [4.69, 9.17) is 0 Å². The van der Waals surface area contributed by atoms with Gasteiger partial charge in [-0.2, -0.15) is 10.1 Å². The zero-order chi connectivity index (χ0) is 16.2. The van der Waals surface area contributed by atoms with Crippen LogP contribution in [-0.2, 0) is 0 Å². The summed E-state index contributed by atoms with van der Waals surface area (Å²) in [4.78, 5) is 4.35. The maximum atomic E-state index is 12.9. The summed E-state index contributed by atoms with van der Waals surface area (Å²) in [5.41, 5.74) is 4.03. The SMILES string of the molecule is Cc1ccc(Nc2nncc(Nc3ccc(F)cc3)n2)cc1C. The number of hydrogen-bond acceptors (Lipinski definition) is 5.